The number of benzene rings is 2. The molecule has 2 aromatic carbocycles. The highest BCUT2D eigenvalue weighted by molar-refractivity contribution is 7.87. The highest BCUT2D eigenvalue weighted by Crippen LogP contribution is 2.36. The second-order valence-electron chi connectivity index (χ2n) is 7.56. The summed E-state index contributed by atoms with van der Waals surface area (Å²) in [6.07, 6.45) is -9.82. The number of rotatable bonds is 8. The molecule has 1 amide bonds. The smallest absolute Gasteiger partial charge is 0.382 e. The number of nitrogens with zero attached hydrogens (tertiary/aromatic N) is 1. The third kappa shape index (κ3) is 7.12. The molecule has 0 aliphatic rings. The van der Waals surface area contributed by atoms with Crippen LogP contribution in [0.1, 0.15) is 54.2 Å². The van der Waals surface area contributed by atoms with Crippen LogP contribution in [0.3, 0.4) is 0 Å². The summed E-state index contributed by atoms with van der Waals surface area (Å²) in [5.41, 5.74) is -3.56. The van der Waals surface area contributed by atoms with Gasteiger partial charge >= 0.3 is 22.5 Å². The normalized spacial score (nSPS) is 13.4. The van der Waals surface area contributed by atoms with Gasteiger partial charge in [-0.05, 0) is 56.2 Å². The zero-order valence-corrected chi connectivity index (χ0v) is 19.3. The van der Waals surface area contributed by atoms with E-state index in [1.807, 2.05) is 0 Å². The van der Waals surface area contributed by atoms with Crippen LogP contribution in [0, 0.1) is 0 Å². The molecule has 0 aliphatic carbocycles. The lowest BCUT2D eigenvalue weighted by molar-refractivity contribution is -0.143. The number of carbonyl (C=O) groups is 1. The molecule has 0 aromatic heterocycles. The van der Waals surface area contributed by atoms with Gasteiger partial charge in [-0.25, -0.2) is 0 Å². The van der Waals surface area contributed by atoms with Crippen LogP contribution in [0.25, 0.3) is 0 Å². The van der Waals surface area contributed by atoms with Crippen LogP contribution in [0.4, 0.5) is 26.3 Å². The van der Waals surface area contributed by atoms with Crippen LogP contribution in [-0.2, 0) is 29.0 Å². The maximum atomic E-state index is 13.2. The molecule has 2 aromatic rings. The van der Waals surface area contributed by atoms with E-state index < -0.39 is 51.1 Å². The maximum absolute atomic E-state index is 13.2. The quantitative estimate of drug-likeness (QED) is 0.327. The van der Waals surface area contributed by atoms with Crippen molar-refractivity contribution in [1.29, 1.82) is 0 Å². The van der Waals surface area contributed by atoms with Crippen molar-refractivity contribution >= 4 is 16.0 Å². The molecule has 1 unspecified atom stereocenters. The zero-order valence-electron chi connectivity index (χ0n) is 18.5. The van der Waals surface area contributed by atoms with Crippen molar-refractivity contribution in [3.8, 4) is 5.75 Å². The minimum Gasteiger partial charge on any atom is -0.382 e. The molecule has 0 saturated heterocycles. The van der Waals surface area contributed by atoms with Gasteiger partial charge in [-0.15, -0.1) is 0 Å². The second kappa shape index (κ2) is 10.2. The first kappa shape index (κ1) is 27.5. The highest BCUT2D eigenvalue weighted by Gasteiger charge is 2.38. The van der Waals surface area contributed by atoms with Gasteiger partial charge < -0.3 is 9.08 Å². The van der Waals surface area contributed by atoms with Gasteiger partial charge in [0, 0.05) is 18.2 Å². The van der Waals surface area contributed by atoms with Gasteiger partial charge in [0.2, 0.25) is 0 Å². The summed E-state index contributed by atoms with van der Waals surface area (Å²) in [7, 11) is -3.83. The van der Waals surface area contributed by atoms with Gasteiger partial charge in [-0.3, -0.25) is 4.79 Å². The molecule has 0 saturated carbocycles. The van der Waals surface area contributed by atoms with E-state index in [4.69, 9.17) is 4.18 Å². The summed E-state index contributed by atoms with van der Waals surface area (Å²) in [6.45, 7) is 4.48. The van der Waals surface area contributed by atoms with E-state index >= 15 is 0 Å². The van der Waals surface area contributed by atoms with Crippen LogP contribution in [0.5, 0.6) is 5.75 Å². The van der Waals surface area contributed by atoms with Crippen molar-refractivity contribution < 1.29 is 43.7 Å². The number of alkyl halides is 6. The summed E-state index contributed by atoms with van der Waals surface area (Å²) in [6, 6.07) is 5.88. The van der Waals surface area contributed by atoms with E-state index in [1.165, 1.54) is 31.2 Å². The summed E-state index contributed by atoms with van der Waals surface area (Å²) in [4.78, 5) is 14.3. The molecule has 188 valence electrons. The Hall–Kier alpha value is -2.76. The van der Waals surface area contributed by atoms with E-state index in [-0.39, 0.29) is 24.1 Å². The fourth-order valence-electron chi connectivity index (χ4n) is 2.99. The number of hydrogen-bond donors (Lipinski definition) is 0. The first-order valence-electron chi connectivity index (χ1n) is 10.2. The average molecular weight is 511 g/mol. The molecular formula is C22H23F6NO4S. The Bertz CT molecular complexity index is 1100. The van der Waals surface area contributed by atoms with E-state index in [0.717, 1.165) is 4.90 Å². The standard InChI is InChI=1S/C22H23F6NO4S/c1-4-14(3)29(13-15-7-6-8-19(9-15)33-34(31,32)5-2)20(30)16-10-17(21(23,24)25)12-18(11-16)22(26,27)28/h6-12,14H,4-5,13H2,1-3H3. The highest BCUT2D eigenvalue weighted by atomic mass is 32.2. The van der Waals surface area contributed by atoms with Gasteiger partial charge in [-0.2, -0.15) is 34.8 Å². The Morgan fingerprint density at radius 3 is 2.00 bits per heavy atom. The van der Waals surface area contributed by atoms with Gasteiger partial charge in [0.05, 0.1) is 16.9 Å². The summed E-state index contributed by atoms with van der Waals surface area (Å²) < 4.78 is 108. The lowest BCUT2D eigenvalue weighted by Gasteiger charge is -2.29. The van der Waals surface area contributed by atoms with Crippen LogP contribution >= 0.6 is 0 Å². The monoisotopic (exact) mass is 511 g/mol. The van der Waals surface area contributed by atoms with Crippen LogP contribution in [0.15, 0.2) is 42.5 Å². The van der Waals surface area contributed by atoms with Gasteiger partial charge in [0.15, 0.2) is 0 Å². The largest absolute Gasteiger partial charge is 0.416 e. The SMILES string of the molecule is CCC(C)N(Cc1cccc(OS(=O)(=O)CC)c1)C(=O)c1cc(C(F)(F)F)cc(C(F)(F)F)c1. The first-order chi connectivity index (χ1) is 15.6. The van der Waals surface area contributed by atoms with Crippen LogP contribution in [-0.4, -0.2) is 31.0 Å². The number of halogens is 6. The summed E-state index contributed by atoms with van der Waals surface area (Å²) in [5.74, 6) is -1.35. The van der Waals surface area contributed by atoms with Gasteiger partial charge in [0.1, 0.15) is 5.75 Å². The van der Waals surface area contributed by atoms with Crippen molar-refractivity contribution in [1.82, 2.24) is 4.90 Å². The third-order valence-corrected chi connectivity index (χ3v) is 6.20. The minimum atomic E-state index is -5.09. The molecule has 0 fully saturated rings. The molecule has 1 atom stereocenters. The molecule has 0 bridgehead atoms. The lowest BCUT2D eigenvalue weighted by Crippen LogP contribution is -2.38. The predicted molar refractivity (Wildman–Crippen MR) is 113 cm³/mol. The Kier molecular flexibility index (Phi) is 8.28. The van der Waals surface area contributed by atoms with Crippen LogP contribution in [0.2, 0.25) is 0 Å². The van der Waals surface area contributed by atoms with Crippen molar-refractivity contribution in [3.05, 3.63) is 64.7 Å². The molecule has 0 radical (unpaired) electrons. The number of hydrogen-bond acceptors (Lipinski definition) is 4. The van der Waals surface area contributed by atoms with E-state index in [1.54, 1.807) is 13.8 Å². The van der Waals surface area contributed by atoms with Gasteiger partial charge in [-0.1, -0.05) is 19.1 Å². The van der Waals surface area contributed by atoms with E-state index in [9.17, 15) is 39.6 Å². The molecule has 0 aliphatic heterocycles. The second-order valence-corrected chi connectivity index (χ2v) is 9.42. The fourth-order valence-corrected chi connectivity index (χ4v) is 3.51. The first-order valence-corrected chi connectivity index (χ1v) is 11.8. The Labute approximate surface area is 193 Å². The summed E-state index contributed by atoms with van der Waals surface area (Å²) in [5, 5.41) is 0. The van der Waals surface area contributed by atoms with Crippen molar-refractivity contribution in [2.45, 2.75) is 52.1 Å². The van der Waals surface area contributed by atoms with Crippen LogP contribution < -0.4 is 4.18 Å². The summed E-state index contributed by atoms with van der Waals surface area (Å²) >= 11 is 0. The molecule has 12 heteroatoms. The van der Waals surface area contributed by atoms with E-state index in [0.29, 0.717) is 24.1 Å². The Morgan fingerprint density at radius 2 is 1.53 bits per heavy atom. The minimum absolute atomic E-state index is 0.0330. The molecular weight excluding hydrogens is 488 g/mol. The average Bonchev–Trinajstić information content (AvgIpc) is 2.75. The number of carbonyl (C=O) groups excluding carboxylic acids is 1. The Morgan fingerprint density at radius 1 is 0.971 bits per heavy atom. The van der Waals surface area contributed by atoms with Gasteiger partial charge in [0.25, 0.3) is 5.91 Å². The van der Waals surface area contributed by atoms with E-state index in [2.05, 4.69) is 0 Å². The Balaban J connectivity index is 2.48. The zero-order chi connectivity index (χ0) is 25.9. The molecule has 0 heterocycles. The lowest BCUT2D eigenvalue weighted by atomic mass is 10.0. The molecule has 0 spiro atoms. The molecule has 2 rings (SSSR count). The molecule has 0 N–H and O–H groups in total. The number of amides is 1. The molecule has 34 heavy (non-hydrogen) atoms. The topological polar surface area (TPSA) is 63.7 Å². The maximum Gasteiger partial charge on any atom is 0.416 e. The third-order valence-electron chi connectivity index (χ3n) is 5.05. The van der Waals surface area contributed by atoms with Crippen molar-refractivity contribution in [3.63, 3.8) is 0 Å². The van der Waals surface area contributed by atoms with Crippen molar-refractivity contribution in [2.75, 3.05) is 5.75 Å². The predicted octanol–water partition coefficient (Wildman–Crippen LogP) is 5.89. The molecule has 5 nitrogen and oxygen atoms in total. The van der Waals surface area contributed by atoms with Crippen molar-refractivity contribution in [2.24, 2.45) is 0 Å². The fraction of sp³-hybridized carbons (Fsp3) is 0.409.